The van der Waals surface area contributed by atoms with E-state index in [0.717, 1.165) is 12.0 Å². The number of benzene rings is 1. The van der Waals surface area contributed by atoms with Gasteiger partial charge in [0.1, 0.15) is 0 Å². The minimum absolute atomic E-state index is 0.0821. The smallest absolute Gasteiger partial charge is 0.239 e. The van der Waals surface area contributed by atoms with Gasteiger partial charge in [0, 0.05) is 12.1 Å². The predicted octanol–water partition coefficient (Wildman–Crippen LogP) is 2.47. The first-order chi connectivity index (χ1) is 10.9. The lowest BCUT2D eigenvalue weighted by atomic mass is 9.96. The Kier molecular flexibility index (Phi) is 5.50. The van der Waals surface area contributed by atoms with Gasteiger partial charge in [-0.2, -0.15) is 4.98 Å². The minimum atomic E-state index is -0.849. The first-order valence-electron chi connectivity index (χ1n) is 7.90. The first-order valence-corrected chi connectivity index (χ1v) is 7.90. The van der Waals surface area contributed by atoms with E-state index in [9.17, 15) is 4.79 Å². The highest BCUT2D eigenvalue weighted by molar-refractivity contribution is 5.85. The van der Waals surface area contributed by atoms with Gasteiger partial charge >= 0.3 is 0 Å². The summed E-state index contributed by atoms with van der Waals surface area (Å²) >= 11 is 0. The molecule has 1 aromatic heterocycles. The van der Waals surface area contributed by atoms with Crippen LogP contribution in [0.15, 0.2) is 34.9 Å². The number of amides is 1. The summed E-state index contributed by atoms with van der Waals surface area (Å²) in [5.74, 6) is 0.808. The number of aromatic nitrogens is 2. The van der Waals surface area contributed by atoms with Crippen molar-refractivity contribution in [1.29, 1.82) is 0 Å². The Bertz CT molecular complexity index is 637. The summed E-state index contributed by atoms with van der Waals surface area (Å²) in [4.78, 5) is 16.5. The molecule has 23 heavy (non-hydrogen) atoms. The van der Waals surface area contributed by atoms with Crippen molar-refractivity contribution >= 4 is 5.91 Å². The van der Waals surface area contributed by atoms with E-state index in [1.165, 1.54) is 0 Å². The quantitative estimate of drug-likeness (QED) is 0.818. The zero-order valence-corrected chi connectivity index (χ0v) is 13.9. The molecule has 0 aliphatic rings. The number of nitrogens with one attached hydrogen (secondary N) is 1. The molecule has 2 aromatic rings. The van der Waals surface area contributed by atoms with Crippen LogP contribution in [0.5, 0.6) is 0 Å². The molecule has 0 saturated heterocycles. The van der Waals surface area contributed by atoms with E-state index in [1.807, 2.05) is 44.2 Å². The van der Waals surface area contributed by atoms with Crippen molar-refractivity contribution in [3.63, 3.8) is 0 Å². The SMILES string of the molecule is CCCC(C)(N)C(=O)NCC(C)c1nc(-c2ccccc2)no1. The van der Waals surface area contributed by atoms with Crippen LogP contribution >= 0.6 is 0 Å². The van der Waals surface area contributed by atoms with Crippen LogP contribution in [0.3, 0.4) is 0 Å². The summed E-state index contributed by atoms with van der Waals surface area (Å²) in [6.45, 7) is 6.09. The number of carbonyl (C=O) groups is 1. The molecule has 0 fully saturated rings. The average molecular weight is 316 g/mol. The summed E-state index contributed by atoms with van der Waals surface area (Å²) < 4.78 is 5.30. The fourth-order valence-corrected chi connectivity index (χ4v) is 2.31. The second-order valence-corrected chi connectivity index (χ2v) is 6.10. The highest BCUT2D eigenvalue weighted by Gasteiger charge is 2.27. The predicted molar refractivity (Wildman–Crippen MR) is 88.7 cm³/mol. The monoisotopic (exact) mass is 316 g/mol. The van der Waals surface area contributed by atoms with E-state index in [-0.39, 0.29) is 11.8 Å². The van der Waals surface area contributed by atoms with E-state index in [2.05, 4.69) is 15.5 Å². The van der Waals surface area contributed by atoms with Crippen LogP contribution in [-0.4, -0.2) is 28.1 Å². The standard InChI is InChI=1S/C17H24N4O2/c1-4-10-17(3,18)16(22)19-11-12(2)15-20-14(21-23-15)13-8-6-5-7-9-13/h5-9,12H,4,10-11,18H2,1-3H3,(H,19,22). The molecule has 1 aromatic carbocycles. The van der Waals surface area contributed by atoms with E-state index < -0.39 is 5.54 Å². The lowest BCUT2D eigenvalue weighted by Crippen LogP contribution is -2.52. The molecule has 2 unspecified atom stereocenters. The van der Waals surface area contributed by atoms with E-state index >= 15 is 0 Å². The molecule has 2 rings (SSSR count). The molecule has 0 aliphatic carbocycles. The molecule has 6 nitrogen and oxygen atoms in total. The lowest BCUT2D eigenvalue weighted by molar-refractivity contribution is -0.126. The summed E-state index contributed by atoms with van der Waals surface area (Å²) in [7, 11) is 0. The number of carbonyl (C=O) groups excluding carboxylic acids is 1. The van der Waals surface area contributed by atoms with Crippen LogP contribution in [0.25, 0.3) is 11.4 Å². The number of hydrogen-bond acceptors (Lipinski definition) is 5. The van der Waals surface area contributed by atoms with Gasteiger partial charge in [0.2, 0.25) is 17.6 Å². The first kappa shape index (κ1) is 17.1. The fourth-order valence-electron chi connectivity index (χ4n) is 2.31. The van der Waals surface area contributed by atoms with Crippen molar-refractivity contribution in [3.05, 3.63) is 36.2 Å². The molecule has 0 radical (unpaired) electrons. The van der Waals surface area contributed by atoms with Gasteiger partial charge in [-0.05, 0) is 13.3 Å². The normalized spacial score (nSPS) is 15.0. The van der Waals surface area contributed by atoms with Gasteiger partial charge in [0.25, 0.3) is 0 Å². The van der Waals surface area contributed by atoms with Gasteiger partial charge in [-0.25, -0.2) is 0 Å². The third-order valence-corrected chi connectivity index (χ3v) is 3.75. The maximum atomic E-state index is 12.1. The van der Waals surface area contributed by atoms with Crippen LogP contribution in [0.2, 0.25) is 0 Å². The third kappa shape index (κ3) is 4.39. The second-order valence-electron chi connectivity index (χ2n) is 6.10. The Morgan fingerprint density at radius 3 is 2.74 bits per heavy atom. The highest BCUT2D eigenvalue weighted by Crippen LogP contribution is 2.19. The number of nitrogens with zero attached hydrogens (tertiary/aromatic N) is 2. The molecule has 0 spiro atoms. The van der Waals surface area contributed by atoms with Crippen molar-refractivity contribution in [3.8, 4) is 11.4 Å². The molecule has 3 N–H and O–H groups in total. The zero-order chi connectivity index (χ0) is 16.9. The molecular weight excluding hydrogens is 292 g/mol. The lowest BCUT2D eigenvalue weighted by Gasteiger charge is -2.23. The Labute approximate surface area is 136 Å². The van der Waals surface area contributed by atoms with Crippen LogP contribution in [0.1, 0.15) is 45.4 Å². The van der Waals surface area contributed by atoms with Crippen molar-refractivity contribution in [2.75, 3.05) is 6.54 Å². The molecule has 0 bridgehead atoms. The van der Waals surface area contributed by atoms with Gasteiger partial charge in [-0.3, -0.25) is 4.79 Å². The van der Waals surface area contributed by atoms with Crippen LogP contribution in [0, 0.1) is 0 Å². The molecule has 0 aliphatic heterocycles. The average Bonchev–Trinajstić information content (AvgIpc) is 3.03. The fraction of sp³-hybridized carbons (Fsp3) is 0.471. The summed E-state index contributed by atoms with van der Waals surface area (Å²) in [5.41, 5.74) is 6.06. The third-order valence-electron chi connectivity index (χ3n) is 3.75. The Morgan fingerprint density at radius 2 is 2.09 bits per heavy atom. The van der Waals surface area contributed by atoms with Gasteiger partial charge in [0.15, 0.2) is 0 Å². The van der Waals surface area contributed by atoms with Crippen LogP contribution in [-0.2, 0) is 4.79 Å². The van der Waals surface area contributed by atoms with E-state index in [0.29, 0.717) is 24.7 Å². The van der Waals surface area contributed by atoms with Crippen molar-refractivity contribution < 1.29 is 9.32 Å². The number of rotatable bonds is 7. The second kappa shape index (κ2) is 7.37. The van der Waals surface area contributed by atoms with Crippen molar-refractivity contribution in [2.24, 2.45) is 5.73 Å². The maximum Gasteiger partial charge on any atom is 0.239 e. The topological polar surface area (TPSA) is 94.0 Å². The molecule has 124 valence electrons. The van der Waals surface area contributed by atoms with E-state index in [4.69, 9.17) is 10.3 Å². The molecule has 6 heteroatoms. The van der Waals surface area contributed by atoms with Crippen LogP contribution in [0.4, 0.5) is 0 Å². The summed E-state index contributed by atoms with van der Waals surface area (Å²) in [6.07, 6.45) is 1.51. The summed E-state index contributed by atoms with van der Waals surface area (Å²) in [6, 6.07) is 9.62. The van der Waals surface area contributed by atoms with E-state index in [1.54, 1.807) is 6.92 Å². The Hall–Kier alpha value is -2.21. The molecule has 2 atom stereocenters. The van der Waals surface area contributed by atoms with Gasteiger partial charge in [-0.15, -0.1) is 0 Å². The van der Waals surface area contributed by atoms with Gasteiger partial charge in [0.05, 0.1) is 11.5 Å². The number of nitrogens with two attached hydrogens (primary N) is 1. The Morgan fingerprint density at radius 1 is 1.39 bits per heavy atom. The largest absolute Gasteiger partial charge is 0.354 e. The van der Waals surface area contributed by atoms with Gasteiger partial charge < -0.3 is 15.6 Å². The summed E-state index contributed by atoms with van der Waals surface area (Å²) in [5, 5.41) is 6.85. The molecule has 0 saturated carbocycles. The Balaban J connectivity index is 1.95. The molecule has 1 heterocycles. The van der Waals surface area contributed by atoms with Gasteiger partial charge in [-0.1, -0.05) is 55.8 Å². The molecular formula is C17H24N4O2. The minimum Gasteiger partial charge on any atom is -0.354 e. The van der Waals surface area contributed by atoms with Crippen LogP contribution < -0.4 is 11.1 Å². The zero-order valence-electron chi connectivity index (χ0n) is 13.9. The van der Waals surface area contributed by atoms with Crippen molar-refractivity contribution in [2.45, 2.75) is 45.1 Å². The number of hydrogen-bond donors (Lipinski definition) is 2. The maximum absolute atomic E-state index is 12.1. The molecule has 1 amide bonds. The van der Waals surface area contributed by atoms with Crippen molar-refractivity contribution in [1.82, 2.24) is 15.5 Å². The highest BCUT2D eigenvalue weighted by atomic mass is 16.5.